The molecule has 0 aliphatic heterocycles. The first-order chi connectivity index (χ1) is 6.83. The number of hydrogen-bond acceptors (Lipinski definition) is 2. The van der Waals surface area contributed by atoms with Crippen LogP contribution in [0.3, 0.4) is 0 Å². The third kappa shape index (κ3) is 1.97. The molecule has 2 nitrogen and oxygen atoms in total. The largest absolute Gasteiger partial charge is 0.360 e. The molecule has 1 saturated carbocycles. The van der Waals surface area contributed by atoms with E-state index in [-0.39, 0.29) is 0 Å². The predicted octanol–water partition coefficient (Wildman–Crippen LogP) is 3.89. The first-order valence-corrected chi connectivity index (χ1v) is 6.54. The normalized spacial score (nSPS) is 18.7. The first-order valence-electron chi connectivity index (χ1n) is 5.47. The van der Waals surface area contributed by atoms with Crippen molar-refractivity contribution in [3.05, 3.63) is 15.0 Å². The van der Waals surface area contributed by atoms with Crippen LogP contribution in [-0.4, -0.2) is 5.16 Å². The minimum absolute atomic E-state index is 0.666. The van der Waals surface area contributed by atoms with Crippen molar-refractivity contribution in [2.24, 2.45) is 0 Å². The minimum atomic E-state index is 0.666. The van der Waals surface area contributed by atoms with Gasteiger partial charge in [0.25, 0.3) is 0 Å². The van der Waals surface area contributed by atoms with Crippen LogP contribution in [0.4, 0.5) is 0 Å². The summed E-state index contributed by atoms with van der Waals surface area (Å²) in [6, 6.07) is 0. The lowest BCUT2D eigenvalue weighted by Crippen LogP contribution is -2.06. The monoisotopic (exact) mass is 305 g/mol. The second-order valence-electron chi connectivity index (χ2n) is 3.99. The maximum atomic E-state index is 5.34. The van der Waals surface area contributed by atoms with Gasteiger partial charge in [-0.25, -0.2) is 0 Å². The summed E-state index contributed by atoms with van der Waals surface area (Å²) >= 11 is 2.38. The number of aryl methyl sites for hydroxylation is 1. The van der Waals surface area contributed by atoms with Crippen LogP contribution in [0, 0.1) is 3.57 Å². The van der Waals surface area contributed by atoms with E-state index in [0.717, 1.165) is 12.2 Å². The van der Waals surface area contributed by atoms with Crippen molar-refractivity contribution in [3.63, 3.8) is 0 Å². The first kappa shape index (κ1) is 10.5. The fourth-order valence-electron chi connectivity index (χ4n) is 2.18. The summed E-state index contributed by atoms with van der Waals surface area (Å²) in [5.74, 6) is 1.73. The Kier molecular flexibility index (Phi) is 3.47. The molecule has 0 unspecified atom stereocenters. The van der Waals surface area contributed by atoms with E-state index in [4.69, 9.17) is 4.52 Å². The number of rotatable bonds is 2. The maximum Gasteiger partial charge on any atom is 0.150 e. The molecule has 1 aliphatic carbocycles. The highest BCUT2D eigenvalue weighted by atomic mass is 127. The average Bonchev–Trinajstić information content (AvgIpc) is 2.61. The number of nitrogens with zero attached hydrogens (tertiary/aromatic N) is 1. The van der Waals surface area contributed by atoms with Crippen molar-refractivity contribution in [2.75, 3.05) is 0 Å². The molecule has 0 atom stereocenters. The van der Waals surface area contributed by atoms with Gasteiger partial charge in [-0.1, -0.05) is 31.3 Å². The van der Waals surface area contributed by atoms with Crippen molar-refractivity contribution in [3.8, 4) is 0 Å². The molecule has 0 amide bonds. The molecule has 0 bridgehead atoms. The van der Waals surface area contributed by atoms with Gasteiger partial charge in [0.1, 0.15) is 11.5 Å². The topological polar surface area (TPSA) is 26.0 Å². The number of halogens is 1. The Balaban J connectivity index is 2.18. The molecule has 1 fully saturated rings. The van der Waals surface area contributed by atoms with Gasteiger partial charge < -0.3 is 4.52 Å². The zero-order valence-corrected chi connectivity index (χ0v) is 10.7. The molecule has 1 heterocycles. The molecule has 14 heavy (non-hydrogen) atoms. The Hall–Kier alpha value is -0.0600. The second-order valence-corrected chi connectivity index (χ2v) is 5.07. The Morgan fingerprint density at radius 2 is 2.07 bits per heavy atom. The Bertz CT molecular complexity index is 302. The van der Waals surface area contributed by atoms with Crippen molar-refractivity contribution >= 4 is 22.6 Å². The molecule has 0 aromatic carbocycles. The van der Waals surface area contributed by atoms with Gasteiger partial charge in [0.2, 0.25) is 0 Å². The Morgan fingerprint density at radius 3 is 2.64 bits per heavy atom. The highest BCUT2D eigenvalue weighted by Crippen LogP contribution is 2.35. The molecule has 0 spiro atoms. The third-order valence-corrected chi connectivity index (χ3v) is 4.19. The lowest BCUT2D eigenvalue weighted by atomic mass is 9.87. The molecule has 2 rings (SSSR count). The average molecular weight is 305 g/mol. The summed E-state index contributed by atoms with van der Waals surface area (Å²) in [6.45, 7) is 2.12. The molecule has 0 N–H and O–H groups in total. The lowest BCUT2D eigenvalue weighted by Gasteiger charge is -2.19. The van der Waals surface area contributed by atoms with Crippen LogP contribution in [0.25, 0.3) is 0 Å². The molecule has 1 aromatic heterocycles. The lowest BCUT2D eigenvalue weighted by molar-refractivity contribution is 0.360. The molecule has 3 heteroatoms. The standard InChI is InChI=1S/C11H16INO/c1-2-9-10(12)11(13-14-9)8-6-4-3-5-7-8/h8H,2-7H2,1H3. The van der Waals surface area contributed by atoms with Gasteiger partial charge in [-0.15, -0.1) is 0 Å². The van der Waals surface area contributed by atoms with E-state index in [9.17, 15) is 0 Å². The number of hydrogen-bond donors (Lipinski definition) is 0. The van der Waals surface area contributed by atoms with Gasteiger partial charge in [-0.2, -0.15) is 0 Å². The van der Waals surface area contributed by atoms with Gasteiger partial charge in [-0.05, 0) is 35.4 Å². The quantitative estimate of drug-likeness (QED) is 0.775. The predicted molar refractivity (Wildman–Crippen MR) is 64.4 cm³/mol. The van der Waals surface area contributed by atoms with Gasteiger partial charge in [-0.3, -0.25) is 0 Å². The van der Waals surface area contributed by atoms with E-state index >= 15 is 0 Å². The summed E-state index contributed by atoms with van der Waals surface area (Å²) in [5, 5.41) is 4.23. The molecule has 1 aliphatic rings. The van der Waals surface area contributed by atoms with Crippen LogP contribution in [0.1, 0.15) is 56.4 Å². The van der Waals surface area contributed by atoms with Crippen molar-refractivity contribution in [1.29, 1.82) is 0 Å². The van der Waals surface area contributed by atoms with Gasteiger partial charge >= 0.3 is 0 Å². The van der Waals surface area contributed by atoms with E-state index in [0.29, 0.717) is 5.92 Å². The fourth-order valence-corrected chi connectivity index (χ4v) is 3.20. The van der Waals surface area contributed by atoms with E-state index in [2.05, 4.69) is 34.7 Å². The highest BCUT2D eigenvalue weighted by Gasteiger charge is 2.23. The highest BCUT2D eigenvalue weighted by molar-refractivity contribution is 14.1. The summed E-state index contributed by atoms with van der Waals surface area (Å²) in [5.41, 5.74) is 1.22. The molecular weight excluding hydrogens is 289 g/mol. The number of aromatic nitrogens is 1. The van der Waals surface area contributed by atoms with Gasteiger partial charge in [0.05, 0.1) is 3.57 Å². The van der Waals surface area contributed by atoms with Crippen LogP contribution in [-0.2, 0) is 6.42 Å². The summed E-state index contributed by atoms with van der Waals surface area (Å²) in [7, 11) is 0. The summed E-state index contributed by atoms with van der Waals surface area (Å²) in [4.78, 5) is 0. The van der Waals surface area contributed by atoms with Gasteiger partial charge in [0.15, 0.2) is 0 Å². The van der Waals surface area contributed by atoms with Crippen LogP contribution < -0.4 is 0 Å². The molecule has 0 saturated heterocycles. The van der Waals surface area contributed by atoms with E-state index < -0.39 is 0 Å². The summed E-state index contributed by atoms with van der Waals surface area (Å²) < 4.78 is 6.62. The van der Waals surface area contributed by atoms with Crippen molar-refractivity contribution in [1.82, 2.24) is 5.16 Å². The molecule has 0 radical (unpaired) electrons. The fraction of sp³-hybridized carbons (Fsp3) is 0.727. The minimum Gasteiger partial charge on any atom is -0.360 e. The van der Waals surface area contributed by atoms with E-state index in [1.807, 2.05) is 0 Å². The third-order valence-electron chi connectivity index (χ3n) is 3.04. The maximum absolute atomic E-state index is 5.34. The van der Waals surface area contributed by atoms with E-state index in [1.54, 1.807) is 0 Å². The van der Waals surface area contributed by atoms with Crippen LogP contribution in [0.5, 0.6) is 0 Å². The van der Waals surface area contributed by atoms with Crippen LogP contribution in [0.2, 0.25) is 0 Å². The smallest absolute Gasteiger partial charge is 0.150 e. The van der Waals surface area contributed by atoms with Gasteiger partial charge in [0, 0.05) is 12.3 Å². The Labute approximate surface area is 98.6 Å². The van der Waals surface area contributed by atoms with Crippen LogP contribution in [0.15, 0.2) is 4.52 Å². The Morgan fingerprint density at radius 1 is 1.36 bits per heavy atom. The second kappa shape index (κ2) is 4.64. The van der Waals surface area contributed by atoms with Crippen LogP contribution >= 0.6 is 22.6 Å². The van der Waals surface area contributed by atoms with Crippen molar-refractivity contribution in [2.45, 2.75) is 51.4 Å². The van der Waals surface area contributed by atoms with E-state index in [1.165, 1.54) is 41.4 Å². The zero-order chi connectivity index (χ0) is 9.97. The SMILES string of the molecule is CCc1onc(C2CCCCC2)c1I. The zero-order valence-electron chi connectivity index (χ0n) is 8.55. The summed E-state index contributed by atoms with van der Waals surface area (Å²) in [6.07, 6.45) is 7.66. The molecule has 1 aromatic rings. The molecular formula is C11H16INO. The van der Waals surface area contributed by atoms with Crippen molar-refractivity contribution < 1.29 is 4.52 Å². The molecule has 78 valence electrons.